The zero-order chi connectivity index (χ0) is 14.8. The van der Waals surface area contributed by atoms with Crippen LogP contribution in [-0.2, 0) is 9.47 Å². The van der Waals surface area contributed by atoms with E-state index >= 15 is 0 Å². The molecule has 0 saturated carbocycles. The van der Waals surface area contributed by atoms with Gasteiger partial charge in [-0.1, -0.05) is 0 Å². The van der Waals surface area contributed by atoms with Crippen molar-refractivity contribution in [2.75, 3.05) is 20.8 Å². The number of fused-ring (bicyclic) bond motifs is 1. The SMILES string of the molecule is COC(=O)c1cc(OC)c2nn(C3CCCCO3)cc2c1. The number of esters is 1. The lowest BCUT2D eigenvalue weighted by molar-refractivity contribution is -0.0390. The first-order valence-corrected chi connectivity index (χ1v) is 6.99. The summed E-state index contributed by atoms with van der Waals surface area (Å²) in [6, 6.07) is 3.41. The summed E-state index contributed by atoms with van der Waals surface area (Å²) in [4.78, 5) is 11.7. The molecule has 1 atom stereocenters. The number of nitrogens with zero attached hydrogens (tertiary/aromatic N) is 2. The predicted octanol–water partition coefficient (Wildman–Crippen LogP) is 2.53. The molecule has 3 rings (SSSR count). The molecule has 1 fully saturated rings. The van der Waals surface area contributed by atoms with Gasteiger partial charge in [0.2, 0.25) is 0 Å². The summed E-state index contributed by atoms with van der Waals surface area (Å²) in [7, 11) is 2.92. The van der Waals surface area contributed by atoms with Crippen molar-refractivity contribution in [3.05, 3.63) is 23.9 Å². The lowest BCUT2D eigenvalue weighted by Gasteiger charge is -2.22. The maximum absolute atomic E-state index is 11.7. The van der Waals surface area contributed by atoms with Crippen LogP contribution < -0.4 is 4.74 Å². The third kappa shape index (κ3) is 2.58. The molecule has 6 heteroatoms. The number of methoxy groups -OCH3 is 2. The Bertz CT molecular complexity index is 659. The van der Waals surface area contributed by atoms with Crippen LogP contribution in [0.2, 0.25) is 0 Å². The largest absolute Gasteiger partial charge is 0.494 e. The summed E-state index contributed by atoms with van der Waals surface area (Å²) >= 11 is 0. The average Bonchev–Trinajstić information content (AvgIpc) is 2.98. The van der Waals surface area contributed by atoms with Crippen LogP contribution in [0, 0.1) is 0 Å². The first-order valence-electron chi connectivity index (χ1n) is 6.99. The Morgan fingerprint density at radius 3 is 2.90 bits per heavy atom. The number of rotatable bonds is 3. The van der Waals surface area contributed by atoms with Gasteiger partial charge in [-0.25, -0.2) is 9.48 Å². The zero-order valence-electron chi connectivity index (χ0n) is 12.2. The highest BCUT2D eigenvalue weighted by molar-refractivity contribution is 5.96. The fourth-order valence-corrected chi connectivity index (χ4v) is 2.59. The first-order chi connectivity index (χ1) is 10.2. The summed E-state index contributed by atoms with van der Waals surface area (Å²) in [6.45, 7) is 0.755. The van der Waals surface area contributed by atoms with Crippen molar-refractivity contribution in [3.63, 3.8) is 0 Å². The van der Waals surface area contributed by atoms with Crippen molar-refractivity contribution in [2.45, 2.75) is 25.5 Å². The van der Waals surface area contributed by atoms with Crippen LogP contribution in [-0.4, -0.2) is 36.6 Å². The van der Waals surface area contributed by atoms with E-state index in [1.807, 2.05) is 10.9 Å². The molecule has 1 unspecified atom stereocenters. The Morgan fingerprint density at radius 1 is 1.38 bits per heavy atom. The maximum atomic E-state index is 11.7. The highest BCUT2D eigenvalue weighted by atomic mass is 16.5. The summed E-state index contributed by atoms with van der Waals surface area (Å²) in [5.41, 5.74) is 1.17. The quantitative estimate of drug-likeness (QED) is 0.813. The fraction of sp³-hybridized carbons (Fsp3) is 0.467. The van der Waals surface area contributed by atoms with Crippen molar-refractivity contribution >= 4 is 16.9 Å². The van der Waals surface area contributed by atoms with Gasteiger partial charge < -0.3 is 14.2 Å². The topological polar surface area (TPSA) is 62.6 Å². The van der Waals surface area contributed by atoms with Crippen LogP contribution >= 0.6 is 0 Å². The van der Waals surface area contributed by atoms with E-state index in [2.05, 4.69) is 5.10 Å². The predicted molar refractivity (Wildman–Crippen MR) is 76.5 cm³/mol. The fourth-order valence-electron chi connectivity index (χ4n) is 2.59. The summed E-state index contributed by atoms with van der Waals surface area (Å²) in [5, 5.41) is 5.38. The van der Waals surface area contributed by atoms with Crippen molar-refractivity contribution in [1.29, 1.82) is 0 Å². The van der Waals surface area contributed by atoms with E-state index in [1.165, 1.54) is 7.11 Å². The number of carbonyl (C=O) groups excluding carboxylic acids is 1. The molecule has 0 N–H and O–H groups in total. The van der Waals surface area contributed by atoms with Gasteiger partial charge in [0.05, 0.1) is 19.8 Å². The van der Waals surface area contributed by atoms with Crippen LogP contribution in [0.1, 0.15) is 35.8 Å². The van der Waals surface area contributed by atoms with Crippen molar-refractivity contribution in [2.24, 2.45) is 0 Å². The third-order valence-corrected chi connectivity index (χ3v) is 3.68. The second kappa shape index (κ2) is 5.73. The molecule has 1 aromatic heterocycles. The second-order valence-corrected chi connectivity index (χ2v) is 5.04. The normalized spacial score (nSPS) is 18.7. The Labute approximate surface area is 122 Å². The van der Waals surface area contributed by atoms with Crippen LogP contribution in [0.15, 0.2) is 18.3 Å². The van der Waals surface area contributed by atoms with Crippen LogP contribution in [0.4, 0.5) is 0 Å². The van der Waals surface area contributed by atoms with Gasteiger partial charge in [0, 0.05) is 18.2 Å². The van der Waals surface area contributed by atoms with E-state index in [4.69, 9.17) is 14.2 Å². The molecular formula is C15H18N2O4. The van der Waals surface area contributed by atoms with Crippen molar-refractivity contribution in [3.8, 4) is 5.75 Å². The number of aromatic nitrogens is 2. The molecule has 1 aliphatic rings. The smallest absolute Gasteiger partial charge is 0.338 e. The van der Waals surface area contributed by atoms with Crippen LogP contribution in [0.5, 0.6) is 5.75 Å². The molecule has 2 aromatic rings. The summed E-state index contributed by atoms with van der Waals surface area (Å²) < 4.78 is 17.6. The molecule has 1 aromatic carbocycles. The Balaban J connectivity index is 2.04. The van der Waals surface area contributed by atoms with E-state index in [0.717, 1.165) is 36.8 Å². The minimum Gasteiger partial charge on any atom is -0.494 e. The first kappa shape index (κ1) is 13.9. The van der Waals surface area contributed by atoms with Gasteiger partial charge in [0.25, 0.3) is 0 Å². The van der Waals surface area contributed by atoms with E-state index in [1.54, 1.807) is 19.2 Å². The highest BCUT2D eigenvalue weighted by Gasteiger charge is 2.19. The monoisotopic (exact) mass is 290 g/mol. The standard InChI is InChI=1S/C15H18N2O4/c1-19-12-8-10(15(18)20-2)7-11-9-17(16-14(11)12)13-5-3-4-6-21-13/h7-9,13H,3-6H2,1-2H3. The summed E-state index contributed by atoms with van der Waals surface area (Å²) in [5.74, 6) is 0.166. The van der Waals surface area contributed by atoms with Gasteiger partial charge in [-0.2, -0.15) is 5.10 Å². The van der Waals surface area contributed by atoms with Gasteiger partial charge in [-0.15, -0.1) is 0 Å². The molecule has 112 valence electrons. The number of carbonyl (C=O) groups is 1. The molecule has 0 bridgehead atoms. The van der Waals surface area contributed by atoms with E-state index in [-0.39, 0.29) is 6.23 Å². The molecule has 0 radical (unpaired) electrons. The molecule has 2 heterocycles. The van der Waals surface area contributed by atoms with Crippen LogP contribution in [0.3, 0.4) is 0 Å². The molecule has 0 amide bonds. The lowest BCUT2D eigenvalue weighted by atomic mass is 10.1. The number of hydrogen-bond acceptors (Lipinski definition) is 5. The molecule has 21 heavy (non-hydrogen) atoms. The Morgan fingerprint density at radius 2 is 2.24 bits per heavy atom. The van der Waals surface area contributed by atoms with Gasteiger partial charge in [-0.05, 0) is 31.4 Å². The molecule has 1 aliphatic heterocycles. The molecule has 0 aliphatic carbocycles. The maximum Gasteiger partial charge on any atom is 0.338 e. The number of hydrogen-bond donors (Lipinski definition) is 0. The Kier molecular flexibility index (Phi) is 3.79. The molecule has 0 spiro atoms. The molecule has 6 nitrogen and oxygen atoms in total. The van der Waals surface area contributed by atoms with E-state index < -0.39 is 5.97 Å². The van der Waals surface area contributed by atoms with Crippen LogP contribution in [0.25, 0.3) is 10.9 Å². The third-order valence-electron chi connectivity index (χ3n) is 3.68. The Hall–Kier alpha value is -2.08. The van der Waals surface area contributed by atoms with Gasteiger partial charge in [0.15, 0.2) is 0 Å². The van der Waals surface area contributed by atoms with Gasteiger partial charge >= 0.3 is 5.97 Å². The second-order valence-electron chi connectivity index (χ2n) is 5.04. The number of benzene rings is 1. The van der Waals surface area contributed by atoms with E-state index in [9.17, 15) is 4.79 Å². The van der Waals surface area contributed by atoms with E-state index in [0.29, 0.717) is 11.3 Å². The zero-order valence-corrected chi connectivity index (χ0v) is 12.2. The van der Waals surface area contributed by atoms with Gasteiger partial charge in [-0.3, -0.25) is 0 Å². The minimum absolute atomic E-state index is 0.0440. The number of ether oxygens (including phenoxy) is 3. The minimum atomic E-state index is -0.392. The highest BCUT2D eigenvalue weighted by Crippen LogP contribution is 2.30. The summed E-state index contributed by atoms with van der Waals surface area (Å²) in [6.07, 6.45) is 5.01. The van der Waals surface area contributed by atoms with Gasteiger partial charge in [0.1, 0.15) is 17.5 Å². The van der Waals surface area contributed by atoms with Crippen molar-refractivity contribution in [1.82, 2.24) is 9.78 Å². The molecular weight excluding hydrogens is 272 g/mol. The lowest BCUT2D eigenvalue weighted by Crippen LogP contribution is -2.18. The van der Waals surface area contributed by atoms with Crippen molar-refractivity contribution < 1.29 is 19.0 Å². The average molecular weight is 290 g/mol. The molecule has 1 saturated heterocycles.